The molecule has 0 bridgehead atoms. The Bertz CT molecular complexity index is 354. The van der Waals surface area contributed by atoms with Gasteiger partial charge in [-0.1, -0.05) is 22.0 Å². The second kappa shape index (κ2) is 4.54. The van der Waals surface area contributed by atoms with Gasteiger partial charge < -0.3 is 15.9 Å². The highest BCUT2D eigenvalue weighted by molar-refractivity contribution is 9.10. The fourth-order valence-corrected chi connectivity index (χ4v) is 1.85. The number of carboxylic acid groups (broad SMARTS) is 1. The van der Waals surface area contributed by atoms with Crippen molar-refractivity contribution in [3.63, 3.8) is 0 Å². The molecular weight excluding hydrogens is 250 g/mol. The molecule has 0 saturated carbocycles. The average molecular weight is 260 g/mol. The first-order valence-electron chi connectivity index (χ1n) is 3.96. The summed E-state index contributed by atoms with van der Waals surface area (Å²) in [6.07, 6.45) is 0. The minimum Gasteiger partial charge on any atom is -0.478 e. The minimum absolute atomic E-state index is 0.112. The molecule has 4 nitrogen and oxygen atoms in total. The molecule has 0 aliphatic rings. The third kappa shape index (κ3) is 2.12. The van der Waals surface area contributed by atoms with Crippen LogP contribution in [0.4, 0.5) is 0 Å². The number of aliphatic hydroxyl groups excluding tert-OH is 1. The third-order valence-corrected chi connectivity index (χ3v) is 2.54. The number of aromatic carboxylic acids is 1. The van der Waals surface area contributed by atoms with Crippen LogP contribution in [0, 0.1) is 0 Å². The van der Waals surface area contributed by atoms with Gasteiger partial charge in [0, 0.05) is 4.47 Å². The predicted molar refractivity (Wildman–Crippen MR) is 55.1 cm³/mol. The van der Waals surface area contributed by atoms with Crippen molar-refractivity contribution >= 4 is 21.9 Å². The number of nitrogens with two attached hydrogens (primary N) is 1. The Morgan fingerprint density at radius 2 is 2.21 bits per heavy atom. The number of benzene rings is 1. The Balaban J connectivity index is 3.29. The summed E-state index contributed by atoms with van der Waals surface area (Å²) < 4.78 is 0.596. The summed E-state index contributed by atoms with van der Waals surface area (Å²) in [6.45, 7) is -0.289. The standard InChI is InChI=1S/C9H10BrNO3/c10-6-3-1-2-5(9(13)14)8(6)7(11)4-12/h1-3,7,12H,4,11H2,(H,13,14). The van der Waals surface area contributed by atoms with Crippen LogP contribution in [0.25, 0.3) is 0 Å². The van der Waals surface area contributed by atoms with Gasteiger partial charge in [0.2, 0.25) is 0 Å². The summed E-state index contributed by atoms with van der Waals surface area (Å²) in [6, 6.07) is 4.08. The molecule has 76 valence electrons. The van der Waals surface area contributed by atoms with E-state index in [0.717, 1.165) is 0 Å². The Morgan fingerprint density at radius 3 is 2.71 bits per heavy atom. The van der Waals surface area contributed by atoms with Gasteiger partial charge >= 0.3 is 5.97 Å². The molecule has 0 saturated heterocycles. The van der Waals surface area contributed by atoms with E-state index in [1.165, 1.54) is 6.07 Å². The maximum Gasteiger partial charge on any atom is 0.336 e. The predicted octanol–water partition coefficient (Wildman–Crippen LogP) is 1.14. The van der Waals surface area contributed by atoms with Crippen molar-refractivity contribution in [2.24, 2.45) is 5.73 Å². The number of halogens is 1. The van der Waals surface area contributed by atoms with Gasteiger partial charge in [-0.05, 0) is 17.7 Å². The average Bonchev–Trinajstić information content (AvgIpc) is 2.16. The zero-order valence-corrected chi connectivity index (χ0v) is 8.86. The molecule has 4 N–H and O–H groups in total. The molecule has 0 heterocycles. The molecule has 0 spiro atoms. The molecule has 0 fully saturated rings. The highest BCUT2D eigenvalue weighted by Crippen LogP contribution is 2.25. The molecule has 14 heavy (non-hydrogen) atoms. The summed E-state index contributed by atoms with van der Waals surface area (Å²) in [7, 11) is 0. The van der Waals surface area contributed by atoms with Crippen molar-refractivity contribution < 1.29 is 15.0 Å². The van der Waals surface area contributed by atoms with E-state index in [1.54, 1.807) is 12.1 Å². The summed E-state index contributed by atoms with van der Waals surface area (Å²) in [5.74, 6) is -1.05. The van der Waals surface area contributed by atoms with Gasteiger partial charge in [-0.25, -0.2) is 4.79 Å². The normalized spacial score (nSPS) is 12.5. The Morgan fingerprint density at radius 1 is 1.57 bits per heavy atom. The van der Waals surface area contributed by atoms with Crippen molar-refractivity contribution in [2.45, 2.75) is 6.04 Å². The molecule has 1 rings (SSSR count). The Labute approximate surface area is 89.5 Å². The number of rotatable bonds is 3. The van der Waals surface area contributed by atoms with Gasteiger partial charge in [0.25, 0.3) is 0 Å². The summed E-state index contributed by atoms with van der Waals surface area (Å²) in [5, 5.41) is 17.8. The van der Waals surface area contributed by atoms with Crippen LogP contribution in [0.2, 0.25) is 0 Å². The first-order chi connectivity index (χ1) is 6.57. The highest BCUT2D eigenvalue weighted by Gasteiger charge is 2.17. The molecule has 0 aliphatic heterocycles. The Hall–Kier alpha value is -0.910. The monoisotopic (exact) mass is 259 g/mol. The van der Waals surface area contributed by atoms with Crippen LogP contribution in [-0.2, 0) is 0 Å². The van der Waals surface area contributed by atoms with Crippen molar-refractivity contribution in [3.05, 3.63) is 33.8 Å². The number of hydrogen-bond acceptors (Lipinski definition) is 3. The van der Waals surface area contributed by atoms with Crippen LogP contribution in [0.3, 0.4) is 0 Å². The lowest BCUT2D eigenvalue weighted by Crippen LogP contribution is -2.18. The third-order valence-electron chi connectivity index (χ3n) is 1.85. The van der Waals surface area contributed by atoms with Crippen LogP contribution in [0.5, 0.6) is 0 Å². The molecule has 0 radical (unpaired) electrons. The van der Waals surface area contributed by atoms with Crippen LogP contribution >= 0.6 is 15.9 Å². The number of carbonyl (C=O) groups is 1. The lowest BCUT2D eigenvalue weighted by molar-refractivity contribution is 0.0694. The second-order valence-electron chi connectivity index (χ2n) is 2.80. The first-order valence-corrected chi connectivity index (χ1v) is 4.75. The van der Waals surface area contributed by atoms with E-state index in [0.29, 0.717) is 10.0 Å². The van der Waals surface area contributed by atoms with Crippen LogP contribution < -0.4 is 5.73 Å². The molecule has 0 aliphatic carbocycles. The maximum absolute atomic E-state index is 10.8. The molecule has 1 aromatic carbocycles. The van der Waals surface area contributed by atoms with E-state index in [-0.39, 0.29) is 12.2 Å². The fraction of sp³-hybridized carbons (Fsp3) is 0.222. The SMILES string of the molecule is NC(CO)c1c(Br)cccc1C(=O)O. The van der Waals surface area contributed by atoms with E-state index in [9.17, 15) is 4.79 Å². The lowest BCUT2D eigenvalue weighted by atomic mass is 10.0. The largest absolute Gasteiger partial charge is 0.478 e. The van der Waals surface area contributed by atoms with Gasteiger partial charge in [-0.3, -0.25) is 0 Å². The number of hydrogen-bond donors (Lipinski definition) is 3. The molecule has 0 aromatic heterocycles. The topological polar surface area (TPSA) is 83.5 Å². The van der Waals surface area contributed by atoms with Gasteiger partial charge in [0.05, 0.1) is 18.2 Å². The smallest absolute Gasteiger partial charge is 0.336 e. The summed E-state index contributed by atoms with van der Waals surface area (Å²) in [5.41, 5.74) is 6.12. The van der Waals surface area contributed by atoms with E-state index in [2.05, 4.69) is 15.9 Å². The van der Waals surface area contributed by atoms with Crippen molar-refractivity contribution in [1.82, 2.24) is 0 Å². The van der Waals surface area contributed by atoms with E-state index in [1.807, 2.05) is 0 Å². The van der Waals surface area contributed by atoms with Crippen LogP contribution in [0.1, 0.15) is 22.0 Å². The summed E-state index contributed by atoms with van der Waals surface area (Å²) >= 11 is 3.20. The number of carboxylic acids is 1. The maximum atomic E-state index is 10.8. The van der Waals surface area contributed by atoms with Gasteiger partial charge in [-0.15, -0.1) is 0 Å². The van der Waals surface area contributed by atoms with E-state index >= 15 is 0 Å². The summed E-state index contributed by atoms with van der Waals surface area (Å²) in [4.78, 5) is 10.8. The molecule has 5 heteroatoms. The van der Waals surface area contributed by atoms with Crippen LogP contribution in [-0.4, -0.2) is 22.8 Å². The fourth-order valence-electron chi connectivity index (χ4n) is 1.19. The zero-order chi connectivity index (χ0) is 10.7. The van der Waals surface area contributed by atoms with E-state index in [4.69, 9.17) is 15.9 Å². The van der Waals surface area contributed by atoms with Gasteiger partial charge in [-0.2, -0.15) is 0 Å². The number of aliphatic hydroxyl groups is 1. The highest BCUT2D eigenvalue weighted by atomic mass is 79.9. The Kier molecular flexibility index (Phi) is 3.62. The molecule has 1 aromatic rings. The van der Waals surface area contributed by atoms with Gasteiger partial charge in [0.1, 0.15) is 0 Å². The van der Waals surface area contributed by atoms with E-state index < -0.39 is 12.0 Å². The van der Waals surface area contributed by atoms with Gasteiger partial charge in [0.15, 0.2) is 0 Å². The molecular formula is C9H10BrNO3. The van der Waals surface area contributed by atoms with Crippen LogP contribution in [0.15, 0.2) is 22.7 Å². The van der Waals surface area contributed by atoms with Crippen molar-refractivity contribution in [2.75, 3.05) is 6.61 Å². The molecule has 0 amide bonds. The molecule has 1 unspecified atom stereocenters. The lowest BCUT2D eigenvalue weighted by Gasteiger charge is -2.13. The minimum atomic E-state index is -1.05. The quantitative estimate of drug-likeness (QED) is 0.760. The van der Waals surface area contributed by atoms with Crippen molar-refractivity contribution in [1.29, 1.82) is 0 Å². The first kappa shape index (κ1) is 11.2. The van der Waals surface area contributed by atoms with Crippen molar-refractivity contribution in [3.8, 4) is 0 Å². The molecule has 1 atom stereocenters. The zero-order valence-electron chi connectivity index (χ0n) is 7.27. The second-order valence-corrected chi connectivity index (χ2v) is 3.65.